The van der Waals surface area contributed by atoms with Gasteiger partial charge in [-0.15, -0.1) is 0 Å². The van der Waals surface area contributed by atoms with Gasteiger partial charge in [0.2, 0.25) is 29.5 Å². The second-order valence-corrected chi connectivity index (χ2v) is 12.4. The van der Waals surface area contributed by atoms with E-state index >= 15 is 0 Å². The fraction of sp³-hybridized carbons (Fsp3) is 0.724. The number of hydrogen-bond acceptors (Lipinski definition) is 10. The van der Waals surface area contributed by atoms with Crippen molar-refractivity contribution in [3.63, 3.8) is 0 Å². The number of hydrogen-bond donors (Lipinski definition) is 10. The third-order valence-electron chi connectivity index (χ3n) is 6.89. The minimum absolute atomic E-state index is 0.0537. The molecule has 0 aliphatic carbocycles. The van der Waals surface area contributed by atoms with Gasteiger partial charge in [0.1, 0.15) is 24.2 Å². The Balaban J connectivity index is 6.07. The number of carboxylic acid groups (broad SMARTS) is 3. The molecule has 0 aliphatic rings. The number of carboxylic acids is 3. The van der Waals surface area contributed by atoms with Crippen LogP contribution in [-0.4, -0.2) is 110 Å². The molecular weight excluding hydrogens is 624 g/mol. The summed E-state index contributed by atoms with van der Waals surface area (Å²) in [5.41, 5.74) is 5.61. The van der Waals surface area contributed by atoms with Crippen LogP contribution in [0.15, 0.2) is 0 Å². The van der Waals surface area contributed by atoms with Gasteiger partial charge in [-0.25, -0.2) is 4.79 Å². The smallest absolute Gasteiger partial charge is 0.328 e. The van der Waals surface area contributed by atoms with Crippen LogP contribution in [0.25, 0.3) is 0 Å². The molecule has 47 heavy (non-hydrogen) atoms. The molecule has 0 saturated carbocycles. The van der Waals surface area contributed by atoms with Crippen molar-refractivity contribution in [2.45, 2.75) is 117 Å². The fourth-order valence-electron chi connectivity index (χ4n) is 4.27. The average Bonchev–Trinajstić information content (AvgIpc) is 2.92. The van der Waals surface area contributed by atoms with Gasteiger partial charge in [0.25, 0.3) is 0 Å². The highest BCUT2D eigenvalue weighted by Gasteiger charge is 2.35. The van der Waals surface area contributed by atoms with Gasteiger partial charge in [0, 0.05) is 6.42 Å². The predicted octanol–water partition coefficient (Wildman–Crippen LogP) is -2.10. The molecule has 11 N–H and O–H groups in total. The lowest BCUT2D eigenvalue weighted by Gasteiger charge is -2.30. The summed E-state index contributed by atoms with van der Waals surface area (Å²) < 4.78 is 0. The Hall–Kier alpha value is -4.32. The van der Waals surface area contributed by atoms with E-state index in [2.05, 4.69) is 26.6 Å². The van der Waals surface area contributed by atoms with E-state index in [-0.39, 0.29) is 12.3 Å². The highest BCUT2D eigenvalue weighted by atomic mass is 16.4. The maximum absolute atomic E-state index is 13.4. The van der Waals surface area contributed by atoms with Crippen molar-refractivity contribution in [1.82, 2.24) is 26.6 Å². The first-order valence-corrected chi connectivity index (χ1v) is 15.2. The number of carbonyl (C=O) groups excluding carboxylic acids is 5. The molecule has 0 fully saturated rings. The van der Waals surface area contributed by atoms with Crippen LogP contribution in [0.4, 0.5) is 0 Å². The molecule has 0 spiro atoms. The van der Waals surface area contributed by atoms with E-state index in [0.29, 0.717) is 0 Å². The second kappa shape index (κ2) is 20.0. The third kappa shape index (κ3) is 15.7. The van der Waals surface area contributed by atoms with Gasteiger partial charge in [0.15, 0.2) is 6.04 Å². The Bertz CT molecular complexity index is 1140. The maximum Gasteiger partial charge on any atom is 0.328 e. The molecule has 0 aromatic carbocycles. The SMILES string of the molecule is CC(C)C[C@H](NC(=O)[C@@H](N)CC(=O)O)C(=O)N[C@@H](CCC(=O)O)C(=O)N[C@H](C(=O)N[C@H](C(=O)N[C@H](C(=O)O)[C@@H](C)O)C(C)C)C(C)C. The lowest BCUT2D eigenvalue weighted by molar-refractivity contribution is -0.145. The highest BCUT2D eigenvalue weighted by Crippen LogP contribution is 2.11. The van der Waals surface area contributed by atoms with E-state index in [1.165, 1.54) is 6.92 Å². The van der Waals surface area contributed by atoms with E-state index in [1.54, 1.807) is 41.5 Å². The Kier molecular flexibility index (Phi) is 18.2. The van der Waals surface area contributed by atoms with Gasteiger partial charge >= 0.3 is 17.9 Å². The van der Waals surface area contributed by atoms with Crippen LogP contribution < -0.4 is 32.3 Å². The largest absolute Gasteiger partial charge is 0.481 e. The number of aliphatic carboxylic acids is 3. The van der Waals surface area contributed by atoms with E-state index in [4.69, 9.17) is 10.8 Å². The van der Waals surface area contributed by atoms with E-state index in [9.17, 15) is 53.7 Å². The van der Waals surface area contributed by atoms with Crippen molar-refractivity contribution >= 4 is 47.4 Å². The van der Waals surface area contributed by atoms with Gasteiger partial charge < -0.3 is 52.7 Å². The van der Waals surface area contributed by atoms with Crippen LogP contribution in [-0.2, 0) is 38.4 Å². The summed E-state index contributed by atoms with van der Waals surface area (Å²) >= 11 is 0. The normalized spacial score (nSPS) is 15.7. The first-order valence-electron chi connectivity index (χ1n) is 15.2. The van der Waals surface area contributed by atoms with Crippen LogP contribution in [0.5, 0.6) is 0 Å². The number of rotatable bonds is 21. The van der Waals surface area contributed by atoms with Crippen molar-refractivity contribution in [2.75, 3.05) is 0 Å². The monoisotopic (exact) mass is 674 g/mol. The minimum Gasteiger partial charge on any atom is -0.481 e. The fourth-order valence-corrected chi connectivity index (χ4v) is 4.27. The zero-order valence-corrected chi connectivity index (χ0v) is 27.7. The molecule has 0 rings (SSSR count). The molecule has 5 amide bonds. The van der Waals surface area contributed by atoms with Crippen molar-refractivity contribution in [1.29, 1.82) is 0 Å². The van der Waals surface area contributed by atoms with E-state index in [0.717, 1.165) is 0 Å². The standard InChI is InChI=1S/C29H50N6O12/c1-12(2)10-18(32-24(41)16(30)11-20(39)40)26(43)31-17(8-9-19(37)38)25(42)33-21(13(3)4)27(44)34-22(14(5)6)28(45)35-23(15(7)36)29(46)47/h12-18,21-23,36H,8-11,30H2,1-7H3,(H,31,43)(H,32,41)(H,33,42)(H,34,44)(H,35,45)(H,37,38)(H,39,40)(H,46,47)/t15-,16+,17+,18+,21+,22+,23+/m1/s1. The summed E-state index contributed by atoms with van der Waals surface area (Å²) in [6, 6.07) is -8.49. The molecule has 0 aliphatic heterocycles. The van der Waals surface area contributed by atoms with Crippen molar-refractivity contribution in [3.05, 3.63) is 0 Å². The Morgan fingerprint density at radius 1 is 0.574 bits per heavy atom. The summed E-state index contributed by atoms with van der Waals surface area (Å²) in [5, 5.41) is 49.1. The lowest BCUT2D eigenvalue weighted by Crippen LogP contribution is -2.61. The molecule has 0 saturated heterocycles. The maximum atomic E-state index is 13.4. The molecule has 268 valence electrons. The number of nitrogens with one attached hydrogen (secondary N) is 5. The summed E-state index contributed by atoms with van der Waals surface area (Å²) in [5.74, 6) is -9.95. The zero-order valence-electron chi connectivity index (χ0n) is 27.7. The topological polar surface area (TPSA) is 304 Å². The van der Waals surface area contributed by atoms with Gasteiger partial charge in [0.05, 0.1) is 18.6 Å². The van der Waals surface area contributed by atoms with Crippen LogP contribution >= 0.6 is 0 Å². The summed E-state index contributed by atoms with van der Waals surface area (Å²) in [4.78, 5) is 99.1. The van der Waals surface area contributed by atoms with Crippen LogP contribution in [0, 0.1) is 17.8 Å². The van der Waals surface area contributed by atoms with Crippen molar-refractivity contribution in [2.24, 2.45) is 23.5 Å². The Labute approximate surface area is 273 Å². The number of aliphatic hydroxyl groups excluding tert-OH is 1. The van der Waals surface area contributed by atoms with Gasteiger partial charge in [-0.2, -0.15) is 0 Å². The molecule has 0 heterocycles. The van der Waals surface area contributed by atoms with Gasteiger partial charge in [-0.05, 0) is 37.5 Å². The van der Waals surface area contributed by atoms with E-state index in [1.807, 2.05) is 0 Å². The number of carbonyl (C=O) groups is 8. The second-order valence-electron chi connectivity index (χ2n) is 12.4. The summed E-state index contributed by atoms with van der Waals surface area (Å²) in [7, 11) is 0. The van der Waals surface area contributed by atoms with Gasteiger partial charge in [-0.3, -0.25) is 33.6 Å². The Morgan fingerprint density at radius 3 is 1.38 bits per heavy atom. The molecule has 0 aromatic heterocycles. The lowest BCUT2D eigenvalue weighted by atomic mass is 9.98. The van der Waals surface area contributed by atoms with Crippen LogP contribution in [0.2, 0.25) is 0 Å². The van der Waals surface area contributed by atoms with Crippen molar-refractivity contribution in [3.8, 4) is 0 Å². The minimum atomic E-state index is -1.66. The number of aliphatic hydroxyl groups is 1. The molecule has 18 nitrogen and oxygen atoms in total. The molecule has 0 bridgehead atoms. The average molecular weight is 675 g/mol. The summed E-state index contributed by atoms with van der Waals surface area (Å²) in [6.07, 6.45) is -3.07. The molecule has 7 atom stereocenters. The molecule has 18 heteroatoms. The quantitative estimate of drug-likeness (QED) is 0.0625. The third-order valence-corrected chi connectivity index (χ3v) is 6.89. The molecule has 0 unspecified atom stereocenters. The molecule has 0 aromatic rings. The van der Waals surface area contributed by atoms with Crippen LogP contribution in [0.3, 0.4) is 0 Å². The molecular formula is C29H50N6O12. The first kappa shape index (κ1) is 42.7. The summed E-state index contributed by atoms with van der Waals surface area (Å²) in [6.45, 7) is 10.9. The predicted molar refractivity (Wildman–Crippen MR) is 165 cm³/mol. The number of nitrogens with two attached hydrogens (primary N) is 1. The zero-order chi connectivity index (χ0) is 36.8. The highest BCUT2D eigenvalue weighted by molar-refractivity contribution is 5.97. The molecule has 0 radical (unpaired) electrons. The van der Waals surface area contributed by atoms with Crippen LogP contribution in [0.1, 0.15) is 74.1 Å². The van der Waals surface area contributed by atoms with Gasteiger partial charge in [-0.1, -0.05) is 41.5 Å². The van der Waals surface area contributed by atoms with E-state index < -0.39 is 121 Å². The number of amides is 5. The van der Waals surface area contributed by atoms with Crippen molar-refractivity contribution < 1.29 is 58.8 Å². The first-order chi connectivity index (χ1) is 21.6. The Morgan fingerprint density at radius 2 is 1.00 bits per heavy atom.